The molecule has 198 valence electrons. The Morgan fingerprint density at radius 3 is 2.69 bits per heavy atom. The Balaban J connectivity index is 1.41. The van der Waals surface area contributed by atoms with Crippen LogP contribution in [0, 0.1) is 29.9 Å². The molecular weight excluding hydrogens is 542 g/mol. The van der Waals surface area contributed by atoms with E-state index >= 15 is 0 Å². The van der Waals surface area contributed by atoms with E-state index in [1.54, 1.807) is 30.0 Å². The molecule has 0 saturated carbocycles. The molecule has 1 unspecified atom stereocenters. The average Bonchev–Trinajstić information content (AvgIpc) is 3.38. The van der Waals surface area contributed by atoms with Crippen molar-refractivity contribution in [1.82, 2.24) is 10.2 Å². The number of hydrogen-bond acceptors (Lipinski definition) is 9. The van der Waals surface area contributed by atoms with Gasteiger partial charge in [0.15, 0.2) is 10.1 Å². The number of ketones is 1. The van der Waals surface area contributed by atoms with Crippen LogP contribution < -0.4 is 16.0 Å². The SMILES string of the molecule is Cc1ccc(F)cc1NC(=O)CSc1nnc(N2C(N)=C(C#N)C(c3ccc(F)cc3)C3=C2CCCC3=O)s1. The van der Waals surface area contributed by atoms with Crippen LogP contribution in [0.4, 0.5) is 19.6 Å². The molecule has 0 bridgehead atoms. The number of hydrogen-bond donors (Lipinski definition) is 2. The van der Waals surface area contributed by atoms with E-state index in [9.17, 15) is 23.6 Å². The second kappa shape index (κ2) is 11.0. The first-order valence-corrected chi connectivity index (χ1v) is 13.8. The molecule has 12 heteroatoms. The van der Waals surface area contributed by atoms with Crippen molar-refractivity contribution in [3.8, 4) is 6.07 Å². The number of halogens is 2. The highest BCUT2D eigenvalue weighted by Gasteiger charge is 2.41. The molecule has 1 atom stereocenters. The van der Waals surface area contributed by atoms with Crippen molar-refractivity contribution >= 4 is 45.6 Å². The summed E-state index contributed by atoms with van der Waals surface area (Å²) in [6.45, 7) is 1.77. The third-order valence-electron chi connectivity index (χ3n) is 6.50. The van der Waals surface area contributed by atoms with Crippen molar-refractivity contribution in [2.75, 3.05) is 16.0 Å². The molecule has 0 fully saturated rings. The Morgan fingerprint density at radius 2 is 1.95 bits per heavy atom. The number of nitrogens with one attached hydrogen (secondary N) is 1. The molecular formula is C27H22F2N6O2S2. The van der Waals surface area contributed by atoms with Crippen molar-refractivity contribution in [3.05, 3.63) is 87.9 Å². The highest BCUT2D eigenvalue weighted by Crippen LogP contribution is 2.47. The second-order valence-electron chi connectivity index (χ2n) is 9.01. The molecule has 1 aliphatic heterocycles. The summed E-state index contributed by atoms with van der Waals surface area (Å²) in [4.78, 5) is 27.2. The van der Waals surface area contributed by atoms with Crippen LogP contribution in [0.3, 0.4) is 0 Å². The highest BCUT2D eigenvalue weighted by atomic mass is 32.2. The minimum atomic E-state index is -0.702. The molecule has 5 rings (SSSR count). The van der Waals surface area contributed by atoms with Crippen LogP contribution in [-0.2, 0) is 9.59 Å². The van der Waals surface area contributed by atoms with Crippen molar-refractivity contribution in [2.24, 2.45) is 5.73 Å². The van der Waals surface area contributed by atoms with E-state index in [1.165, 1.54) is 35.6 Å². The zero-order valence-corrected chi connectivity index (χ0v) is 22.3. The number of benzene rings is 2. The minimum absolute atomic E-state index is 0.0123. The first-order chi connectivity index (χ1) is 18.8. The number of rotatable bonds is 6. The Hall–Kier alpha value is -4.08. The molecule has 1 aliphatic carbocycles. The smallest absolute Gasteiger partial charge is 0.234 e. The number of allylic oxidation sites excluding steroid dienone is 3. The van der Waals surface area contributed by atoms with Crippen LogP contribution in [-0.4, -0.2) is 27.6 Å². The molecule has 8 nitrogen and oxygen atoms in total. The quantitative estimate of drug-likeness (QED) is 0.394. The minimum Gasteiger partial charge on any atom is -0.384 e. The lowest BCUT2D eigenvalue weighted by Gasteiger charge is -2.38. The van der Waals surface area contributed by atoms with E-state index in [-0.39, 0.29) is 28.8 Å². The lowest BCUT2D eigenvalue weighted by Crippen LogP contribution is -2.38. The van der Waals surface area contributed by atoms with E-state index in [2.05, 4.69) is 21.6 Å². The summed E-state index contributed by atoms with van der Waals surface area (Å²) in [6.07, 6.45) is 1.48. The maximum atomic E-state index is 13.6. The molecule has 2 heterocycles. The fourth-order valence-electron chi connectivity index (χ4n) is 4.69. The van der Waals surface area contributed by atoms with Gasteiger partial charge in [-0.25, -0.2) is 8.78 Å². The van der Waals surface area contributed by atoms with E-state index in [1.807, 2.05) is 0 Å². The summed E-state index contributed by atoms with van der Waals surface area (Å²) in [6, 6.07) is 12.0. The topological polar surface area (TPSA) is 125 Å². The van der Waals surface area contributed by atoms with Gasteiger partial charge < -0.3 is 11.1 Å². The van der Waals surface area contributed by atoms with Crippen LogP contribution in [0.2, 0.25) is 0 Å². The summed E-state index contributed by atoms with van der Waals surface area (Å²) in [5.74, 6) is -1.86. The zero-order chi connectivity index (χ0) is 27.7. The van der Waals surface area contributed by atoms with Gasteiger partial charge >= 0.3 is 0 Å². The molecule has 1 amide bonds. The predicted molar refractivity (Wildman–Crippen MR) is 145 cm³/mol. The van der Waals surface area contributed by atoms with Crippen LogP contribution in [0.25, 0.3) is 0 Å². The maximum Gasteiger partial charge on any atom is 0.234 e. The Morgan fingerprint density at radius 1 is 1.21 bits per heavy atom. The average molecular weight is 565 g/mol. The van der Waals surface area contributed by atoms with Crippen LogP contribution in [0.1, 0.15) is 36.3 Å². The van der Waals surface area contributed by atoms with Gasteiger partial charge in [0, 0.05) is 23.4 Å². The van der Waals surface area contributed by atoms with Crippen molar-refractivity contribution in [1.29, 1.82) is 5.26 Å². The molecule has 39 heavy (non-hydrogen) atoms. The van der Waals surface area contributed by atoms with Gasteiger partial charge in [0.1, 0.15) is 17.5 Å². The number of thioether (sulfide) groups is 1. The number of nitriles is 1. The van der Waals surface area contributed by atoms with Crippen molar-refractivity contribution < 1.29 is 18.4 Å². The molecule has 0 saturated heterocycles. The lowest BCUT2D eigenvalue weighted by atomic mass is 9.76. The second-order valence-corrected chi connectivity index (χ2v) is 11.2. The number of carbonyl (C=O) groups is 2. The fourth-order valence-corrected chi connectivity index (χ4v) is 6.37. The number of amides is 1. The van der Waals surface area contributed by atoms with Gasteiger partial charge in [-0.15, -0.1) is 10.2 Å². The van der Waals surface area contributed by atoms with Crippen molar-refractivity contribution in [3.63, 3.8) is 0 Å². The maximum absolute atomic E-state index is 13.6. The van der Waals surface area contributed by atoms with E-state index in [0.29, 0.717) is 51.3 Å². The summed E-state index contributed by atoms with van der Waals surface area (Å²) in [7, 11) is 0. The van der Waals surface area contributed by atoms with Crippen LogP contribution >= 0.6 is 23.1 Å². The molecule has 0 radical (unpaired) electrons. The molecule has 3 N–H and O–H groups in total. The number of Topliss-reactive ketones (excluding diaryl/α,β-unsaturated/α-hetero) is 1. The molecule has 0 spiro atoms. The Bertz CT molecular complexity index is 1580. The molecule has 2 aromatic carbocycles. The van der Waals surface area contributed by atoms with Gasteiger partial charge in [0.2, 0.25) is 11.0 Å². The first kappa shape index (κ1) is 26.5. The highest BCUT2D eigenvalue weighted by molar-refractivity contribution is 8.01. The number of aromatic nitrogens is 2. The summed E-state index contributed by atoms with van der Waals surface area (Å²) >= 11 is 2.32. The van der Waals surface area contributed by atoms with E-state index < -0.39 is 17.6 Å². The standard InChI is InChI=1S/C27H22F2N6O2S2/c1-14-5-8-17(29)11-19(14)32-22(37)13-38-27-34-33-26(39-27)35-20-3-2-4-21(36)24(20)23(18(12-30)25(35)31)15-6-9-16(28)10-7-15/h5-11,23H,2-4,13,31H2,1H3,(H,32,37). The number of nitrogens with two attached hydrogens (primary N) is 1. The molecule has 3 aromatic rings. The van der Waals surface area contributed by atoms with E-state index in [4.69, 9.17) is 5.73 Å². The van der Waals surface area contributed by atoms with E-state index in [0.717, 1.165) is 17.3 Å². The number of aryl methyl sites for hydroxylation is 1. The number of carbonyl (C=O) groups excluding carboxylic acids is 2. The Kier molecular flexibility index (Phi) is 7.45. The first-order valence-electron chi connectivity index (χ1n) is 12.0. The summed E-state index contributed by atoms with van der Waals surface area (Å²) in [5.41, 5.74) is 9.52. The van der Waals surface area contributed by atoms with Crippen LogP contribution in [0.5, 0.6) is 0 Å². The Labute approximate surface area is 231 Å². The van der Waals surface area contributed by atoms with Gasteiger partial charge in [-0.3, -0.25) is 14.5 Å². The summed E-state index contributed by atoms with van der Waals surface area (Å²) < 4.78 is 27.6. The molecule has 2 aliphatic rings. The monoisotopic (exact) mass is 564 g/mol. The molecule has 1 aromatic heterocycles. The van der Waals surface area contributed by atoms with Crippen LogP contribution in [0.15, 0.2) is 69.5 Å². The number of anilines is 2. The van der Waals surface area contributed by atoms with Gasteiger partial charge in [-0.1, -0.05) is 41.3 Å². The third kappa shape index (κ3) is 5.28. The number of nitrogens with zero attached hydrogens (tertiary/aromatic N) is 4. The summed E-state index contributed by atoms with van der Waals surface area (Å²) in [5, 5.41) is 21.5. The van der Waals surface area contributed by atoms with Crippen molar-refractivity contribution in [2.45, 2.75) is 36.4 Å². The van der Waals surface area contributed by atoms with Gasteiger partial charge in [0.25, 0.3) is 0 Å². The normalized spacial score (nSPS) is 17.2. The van der Waals surface area contributed by atoms with Gasteiger partial charge in [0.05, 0.1) is 23.3 Å². The predicted octanol–water partition coefficient (Wildman–Crippen LogP) is 5.16. The van der Waals surface area contributed by atoms with Gasteiger partial charge in [-0.05, 0) is 55.2 Å². The fraction of sp³-hybridized carbons (Fsp3) is 0.222. The zero-order valence-electron chi connectivity index (χ0n) is 20.7. The largest absolute Gasteiger partial charge is 0.384 e. The third-order valence-corrected chi connectivity index (χ3v) is 8.55. The lowest BCUT2D eigenvalue weighted by molar-refractivity contribution is -0.116. The van der Waals surface area contributed by atoms with Gasteiger partial charge in [-0.2, -0.15) is 5.26 Å².